The number of phenols is 2. The summed E-state index contributed by atoms with van der Waals surface area (Å²) < 4.78 is 40.6. The van der Waals surface area contributed by atoms with Crippen LogP contribution in [0, 0.1) is 13.8 Å². The van der Waals surface area contributed by atoms with Crippen molar-refractivity contribution in [2.75, 3.05) is 0 Å². The van der Waals surface area contributed by atoms with Crippen LogP contribution in [0.2, 0.25) is 0 Å². The molecule has 2 rings (SSSR count). The third-order valence-electron chi connectivity index (χ3n) is 3.46. The van der Waals surface area contributed by atoms with Gasteiger partial charge in [-0.05, 0) is 60.4 Å². The molecule has 2 aromatic rings. The van der Waals surface area contributed by atoms with Crippen LogP contribution in [0.15, 0.2) is 36.4 Å². The van der Waals surface area contributed by atoms with Crippen LogP contribution in [0.4, 0.5) is 13.2 Å². The molecule has 0 amide bonds. The highest BCUT2D eigenvalue weighted by Gasteiger charge is 2.43. The Bertz CT molecular complexity index is 612. The Morgan fingerprint density at radius 3 is 1.48 bits per heavy atom. The highest BCUT2D eigenvalue weighted by Crippen LogP contribution is 2.43. The summed E-state index contributed by atoms with van der Waals surface area (Å²) in [5, 5.41) is 18.7. The Morgan fingerprint density at radius 2 is 1.19 bits per heavy atom. The van der Waals surface area contributed by atoms with E-state index in [-0.39, 0.29) is 22.6 Å². The predicted octanol–water partition coefficient (Wildman–Crippen LogP) is 4.41. The van der Waals surface area contributed by atoms with Gasteiger partial charge in [-0.15, -0.1) is 0 Å². The lowest BCUT2D eigenvalue weighted by Gasteiger charge is -2.24. The van der Waals surface area contributed by atoms with Crippen molar-refractivity contribution in [2.45, 2.75) is 25.9 Å². The minimum absolute atomic E-state index is 0.0698. The summed E-state index contributed by atoms with van der Waals surface area (Å²) in [4.78, 5) is 0. The molecule has 2 nitrogen and oxygen atoms in total. The molecule has 0 aromatic heterocycles. The highest BCUT2D eigenvalue weighted by atomic mass is 19.4. The number of phenolic OH excluding ortho intramolecular Hbond substituents is 2. The predicted molar refractivity (Wildman–Crippen MR) is 73.6 cm³/mol. The van der Waals surface area contributed by atoms with E-state index < -0.39 is 12.1 Å². The molecule has 0 radical (unpaired) electrons. The van der Waals surface area contributed by atoms with E-state index in [1.807, 2.05) is 0 Å². The Labute approximate surface area is 120 Å². The van der Waals surface area contributed by atoms with E-state index in [4.69, 9.17) is 0 Å². The van der Waals surface area contributed by atoms with E-state index in [0.29, 0.717) is 11.1 Å². The lowest BCUT2D eigenvalue weighted by Crippen LogP contribution is -2.23. The molecule has 0 bridgehead atoms. The van der Waals surface area contributed by atoms with Crippen LogP contribution in [-0.4, -0.2) is 16.4 Å². The van der Waals surface area contributed by atoms with Gasteiger partial charge in [-0.1, -0.05) is 12.1 Å². The SMILES string of the molecule is Cc1cc(O)ccc1C(c1ccc(O)cc1C)C(F)(F)F. The quantitative estimate of drug-likeness (QED) is 0.862. The van der Waals surface area contributed by atoms with Crippen molar-refractivity contribution < 1.29 is 23.4 Å². The Balaban J connectivity index is 2.64. The molecular weight excluding hydrogens is 281 g/mol. The summed E-state index contributed by atoms with van der Waals surface area (Å²) in [5.74, 6) is -1.93. The number of rotatable bonds is 2. The summed E-state index contributed by atoms with van der Waals surface area (Å²) in [6.45, 7) is 3.06. The zero-order valence-electron chi connectivity index (χ0n) is 11.6. The van der Waals surface area contributed by atoms with Crippen molar-refractivity contribution in [1.29, 1.82) is 0 Å². The van der Waals surface area contributed by atoms with Crippen LogP contribution in [0.5, 0.6) is 11.5 Å². The van der Waals surface area contributed by atoms with Gasteiger partial charge >= 0.3 is 6.18 Å². The Kier molecular flexibility index (Phi) is 3.85. The van der Waals surface area contributed by atoms with Gasteiger partial charge in [0.2, 0.25) is 0 Å². The maximum absolute atomic E-state index is 13.5. The number of benzene rings is 2. The van der Waals surface area contributed by atoms with E-state index >= 15 is 0 Å². The largest absolute Gasteiger partial charge is 0.508 e. The van der Waals surface area contributed by atoms with Gasteiger partial charge in [0.1, 0.15) is 17.4 Å². The van der Waals surface area contributed by atoms with Gasteiger partial charge in [0.05, 0.1) is 0 Å². The number of aromatic hydroxyl groups is 2. The molecular formula is C16H15F3O2. The Morgan fingerprint density at radius 1 is 0.810 bits per heavy atom. The first-order valence-corrected chi connectivity index (χ1v) is 6.36. The second-order valence-corrected chi connectivity index (χ2v) is 5.06. The van der Waals surface area contributed by atoms with Crippen molar-refractivity contribution in [3.8, 4) is 11.5 Å². The molecule has 0 heterocycles. The van der Waals surface area contributed by atoms with Gasteiger partial charge in [-0.2, -0.15) is 13.2 Å². The number of alkyl halides is 3. The molecule has 112 valence electrons. The van der Waals surface area contributed by atoms with Crippen molar-refractivity contribution in [3.05, 3.63) is 58.7 Å². The van der Waals surface area contributed by atoms with Crippen LogP contribution < -0.4 is 0 Å². The first-order valence-electron chi connectivity index (χ1n) is 6.36. The number of halogens is 3. The first kappa shape index (κ1) is 15.2. The topological polar surface area (TPSA) is 40.5 Å². The van der Waals surface area contributed by atoms with Crippen molar-refractivity contribution in [1.82, 2.24) is 0 Å². The molecule has 2 aromatic carbocycles. The standard InChI is InChI=1S/C16H15F3O2/c1-9-7-11(20)3-5-13(9)15(16(17,18)19)14-6-4-12(21)8-10(14)2/h3-8,15,20-21H,1-2H3. The van der Waals surface area contributed by atoms with Crippen LogP contribution in [0.25, 0.3) is 0 Å². The fraction of sp³-hybridized carbons (Fsp3) is 0.250. The number of aryl methyl sites for hydroxylation is 2. The average molecular weight is 296 g/mol. The summed E-state index contributed by atoms with van der Waals surface area (Å²) in [6.07, 6.45) is -4.47. The van der Waals surface area contributed by atoms with Gasteiger partial charge in [0, 0.05) is 0 Å². The molecule has 0 spiro atoms. The Hall–Kier alpha value is -2.17. The molecule has 21 heavy (non-hydrogen) atoms. The van der Waals surface area contributed by atoms with E-state index in [1.54, 1.807) is 0 Å². The normalized spacial score (nSPS) is 11.9. The molecule has 0 unspecified atom stereocenters. The fourth-order valence-electron chi connectivity index (χ4n) is 2.49. The maximum atomic E-state index is 13.5. The third kappa shape index (κ3) is 3.12. The van der Waals surface area contributed by atoms with E-state index in [1.165, 1.54) is 50.2 Å². The van der Waals surface area contributed by atoms with Gasteiger partial charge in [0.15, 0.2) is 0 Å². The summed E-state index contributed by atoms with van der Waals surface area (Å²) >= 11 is 0. The molecule has 0 atom stereocenters. The summed E-state index contributed by atoms with van der Waals surface area (Å²) in [7, 11) is 0. The van der Waals surface area contributed by atoms with Crippen molar-refractivity contribution in [3.63, 3.8) is 0 Å². The highest BCUT2D eigenvalue weighted by molar-refractivity contribution is 5.46. The molecule has 0 saturated carbocycles. The van der Waals surface area contributed by atoms with Gasteiger partial charge in [-0.3, -0.25) is 0 Å². The van der Waals surface area contributed by atoms with Crippen LogP contribution in [0.3, 0.4) is 0 Å². The summed E-state index contributed by atoms with van der Waals surface area (Å²) in [6, 6.07) is 7.69. The monoisotopic (exact) mass is 296 g/mol. The zero-order chi connectivity index (χ0) is 15.8. The molecule has 0 aliphatic heterocycles. The van der Waals surface area contributed by atoms with Crippen molar-refractivity contribution in [2.24, 2.45) is 0 Å². The zero-order valence-corrected chi connectivity index (χ0v) is 11.6. The first-order chi connectivity index (χ1) is 9.70. The molecule has 0 aliphatic carbocycles. The minimum atomic E-state index is -4.47. The molecule has 0 fully saturated rings. The maximum Gasteiger partial charge on any atom is 0.399 e. The minimum Gasteiger partial charge on any atom is -0.508 e. The van der Waals surface area contributed by atoms with E-state index in [0.717, 1.165) is 0 Å². The molecule has 2 N–H and O–H groups in total. The van der Waals surface area contributed by atoms with Crippen LogP contribution >= 0.6 is 0 Å². The van der Waals surface area contributed by atoms with Gasteiger partial charge < -0.3 is 10.2 Å². The van der Waals surface area contributed by atoms with Gasteiger partial charge in [-0.25, -0.2) is 0 Å². The smallest absolute Gasteiger partial charge is 0.399 e. The number of hydrogen-bond acceptors (Lipinski definition) is 2. The van der Waals surface area contributed by atoms with Crippen molar-refractivity contribution >= 4 is 0 Å². The third-order valence-corrected chi connectivity index (χ3v) is 3.46. The lowest BCUT2D eigenvalue weighted by molar-refractivity contribution is -0.141. The number of hydrogen-bond donors (Lipinski definition) is 2. The second kappa shape index (κ2) is 5.31. The molecule has 5 heteroatoms. The lowest BCUT2D eigenvalue weighted by atomic mass is 9.85. The van der Waals surface area contributed by atoms with Crippen LogP contribution in [-0.2, 0) is 0 Å². The fourth-order valence-corrected chi connectivity index (χ4v) is 2.49. The van der Waals surface area contributed by atoms with E-state index in [9.17, 15) is 23.4 Å². The second-order valence-electron chi connectivity index (χ2n) is 5.06. The summed E-state index contributed by atoms with van der Waals surface area (Å²) in [5.41, 5.74) is 0.915. The molecule has 0 saturated heterocycles. The molecule has 0 aliphatic rings. The van der Waals surface area contributed by atoms with Crippen LogP contribution in [0.1, 0.15) is 28.2 Å². The van der Waals surface area contributed by atoms with E-state index in [2.05, 4.69) is 0 Å². The average Bonchev–Trinajstić information content (AvgIpc) is 2.33. The van der Waals surface area contributed by atoms with Gasteiger partial charge in [0.25, 0.3) is 0 Å².